The predicted molar refractivity (Wildman–Crippen MR) is 506 cm³/mol. The molecule has 0 fully saturated rings. The number of benzene rings is 9. The van der Waals surface area contributed by atoms with Crippen LogP contribution >= 0.6 is 34.0 Å². The SMILES string of the molecule is CC(=O)C=C(C)O.CC(=O)C=C(C)O.CC(=O)C=C(C)O.CC(C)(C)c1ccc(-c2cc3ccc(-c4[c-]ccc5c4oc4ccccc45)nc3s2)cc1.CC(C)c1cc(-c2cc3ccc(-c4[c-]ccc5c4oc4ccccc45)nc3s2)cc(C(C)C)c1.CC(C)c1cccc(C(C)C)c1-c1cc2ccc(-c3[c-]ccc4c3oc3ccccc34)nc2s1.[Ir].[Ir].[Ir]. The Morgan fingerprint density at radius 3 is 0.992 bits per heavy atom. The number of allylic oxidation sites excluding steroid dienone is 6. The molecule has 3 N–H and O–H groups in total. The first-order chi connectivity index (χ1) is 57.8. The Balaban J connectivity index is 0.000000172. The molecular weight excluding hydrogens is 2130 g/mol. The fourth-order valence-electron chi connectivity index (χ4n) is 14.6. The number of aliphatic hydroxyl groups excluding tert-OH is 3. The number of carbonyl (C=O) groups excluding carboxylic acids is 3. The second-order valence-electron chi connectivity index (χ2n) is 32.5. The van der Waals surface area contributed by atoms with Crippen molar-refractivity contribution in [1.82, 2.24) is 15.0 Å². The van der Waals surface area contributed by atoms with E-state index in [0.717, 1.165) is 119 Å². The molecule has 0 saturated carbocycles. The quantitative estimate of drug-likeness (QED) is 0.0563. The maximum atomic E-state index is 10.0. The number of rotatable bonds is 13. The van der Waals surface area contributed by atoms with E-state index in [2.05, 4.69) is 246 Å². The van der Waals surface area contributed by atoms with Gasteiger partial charge in [0, 0.05) is 125 Å². The fraction of sp³-hybridized carbons (Fsp3) is 0.208. The third kappa shape index (κ3) is 22.5. The summed E-state index contributed by atoms with van der Waals surface area (Å²) in [5.41, 5.74) is 21.6. The van der Waals surface area contributed by atoms with Crippen LogP contribution in [0.1, 0.15) is 169 Å². The van der Waals surface area contributed by atoms with Crippen LogP contribution in [0.4, 0.5) is 0 Å². The van der Waals surface area contributed by atoms with Crippen LogP contribution < -0.4 is 0 Å². The second-order valence-corrected chi connectivity index (χ2v) is 35.6. The van der Waals surface area contributed by atoms with Crippen molar-refractivity contribution in [3.63, 3.8) is 0 Å². The zero-order valence-electron chi connectivity index (χ0n) is 72.3. The van der Waals surface area contributed by atoms with E-state index in [1.54, 1.807) is 34.0 Å². The molecule has 0 saturated heterocycles. The van der Waals surface area contributed by atoms with Gasteiger partial charge >= 0.3 is 0 Å². The maximum Gasteiger partial charge on any atom is 0.155 e. The van der Waals surface area contributed by atoms with Gasteiger partial charge in [0.05, 0.1) is 34.0 Å². The normalized spacial score (nSPS) is 11.7. The molecule has 9 aromatic heterocycles. The van der Waals surface area contributed by atoms with Gasteiger partial charge in [0.15, 0.2) is 17.3 Å². The molecule has 0 spiro atoms. The number of para-hydroxylation sites is 3. The van der Waals surface area contributed by atoms with Crippen molar-refractivity contribution >= 4 is 148 Å². The van der Waals surface area contributed by atoms with Crippen molar-refractivity contribution in [3.8, 4) is 65.1 Å². The molecule has 0 bridgehead atoms. The van der Waals surface area contributed by atoms with E-state index in [1.807, 2.05) is 72.8 Å². The summed E-state index contributed by atoms with van der Waals surface area (Å²) in [5, 5.41) is 35.3. The van der Waals surface area contributed by atoms with Crippen molar-refractivity contribution in [2.45, 2.75) is 147 Å². The first-order valence-electron chi connectivity index (χ1n) is 40.6. The Morgan fingerprint density at radius 1 is 0.363 bits per heavy atom. The van der Waals surface area contributed by atoms with Crippen LogP contribution in [0.3, 0.4) is 0 Å². The average molecular weight is 2230 g/mol. The molecule has 12 nitrogen and oxygen atoms in total. The van der Waals surface area contributed by atoms with E-state index in [0.29, 0.717) is 23.7 Å². The van der Waals surface area contributed by atoms with E-state index in [-0.39, 0.29) is 100 Å². The minimum absolute atomic E-state index is 0. The predicted octanol–water partition coefficient (Wildman–Crippen LogP) is 30.9. The number of aromatic nitrogens is 3. The van der Waals surface area contributed by atoms with Gasteiger partial charge < -0.3 is 28.6 Å². The minimum atomic E-state index is -0.125. The number of ketones is 3. The summed E-state index contributed by atoms with van der Waals surface area (Å²) < 4.78 is 18.7. The molecule has 9 heterocycles. The van der Waals surface area contributed by atoms with Gasteiger partial charge in [-0.3, -0.25) is 29.3 Å². The number of furan rings is 3. The number of pyridine rings is 3. The molecule has 0 atom stereocenters. The number of nitrogens with zero attached hydrogens (tertiary/aromatic N) is 3. The van der Waals surface area contributed by atoms with E-state index >= 15 is 0 Å². The van der Waals surface area contributed by atoms with Gasteiger partial charge in [-0.1, -0.05) is 261 Å². The van der Waals surface area contributed by atoms with Gasteiger partial charge in [0.25, 0.3) is 0 Å². The second kappa shape index (κ2) is 41.9. The van der Waals surface area contributed by atoms with Crippen molar-refractivity contribution < 1.29 is 103 Å². The molecule has 0 aliphatic carbocycles. The first-order valence-corrected chi connectivity index (χ1v) is 43.0. The van der Waals surface area contributed by atoms with Gasteiger partial charge in [-0.05, 0) is 169 Å². The summed E-state index contributed by atoms with van der Waals surface area (Å²) in [6.07, 6.45) is 3.50. The third-order valence-corrected chi connectivity index (χ3v) is 23.7. The first kappa shape index (κ1) is 95.5. The molecule has 3 radical (unpaired) electrons. The molecule has 0 unspecified atom stereocenters. The van der Waals surface area contributed by atoms with Crippen LogP contribution in [-0.2, 0) is 80.1 Å². The molecule has 639 valence electrons. The van der Waals surface area contributed by atoms with Crippen molar-refractivity contribution in [1.29, 1.82) is 0 Å². The number of hydrogen-bond donors (Lipinski definition) is 3. The summed E-state index contributed by atoms with van der Waals surface area (Å²) in [7, 11) is 0. The van der Waals surface area contributed by atoms with Crippen LogP contribution in [0, 0.1) is 18.2 Å². The molecule has 124 heavy (non-hydrogen) atoms. The average Bonchev–Trinajstić information content (AvgIpc) is 1.62. The van der Waals surface area contributed by atoms with Crippen molar-refractivity contribution in [2.75, 3.05) is 0 Å². The Kier molecular flexibility index (Phi) is 32.2. The number of thiophene rings is 3. The summed E-state index contributed by atoms with van der Waals surface area (Å²) >= 11 is 5.26. The molecule has 18 heteroatoms. The summed E-state index contributed by atoms with van der Waals surface area (Å²) in [6.45, 7) is 33.4. The Hall–Kier alpha value is -10.7. The third-order valence-electron chi connectivity index (χ3n) is 20.4. The molecule has 0 aliphatic heterocycles. The zero-order chi connectivity index (χ0) is 86.3. The fourth-order valence-corrected chi connectivity index (χ4v) is 17.7. The molecule has 9 aromatic carbocycles. The maximum absolute atomic E-state index is 10.0. The standard InChI is InChI=1S/2C31H26NOS.C29H22NOS.3C5H8O2.3Ir/c1-18(2)21-10-7-11-22(19(3)4)29(21)28-17-20-15-16-26(32-31(20)34-28)25-13-8-12-24-23-9-5-6-14-27(23)33-30(24)25;1-18(2)21-14-22(19(3)4)16-23(15-21)29-17-20-12-13-27(32-31(20)34-29)26-10-7-9-25-24-8-5-6-11-28(24)33-30(25)26;1-29(2,3)20-14-11-18(12-15-20)26-17-19-13-16-24(30-28(19)32-26)23-9-6-8-22-21-7-4-5-10-25(21)31-27(22)23;3*1-4(6)3-5(2)7;;;/h5-12,14-19H,1-4H3;5-9,11-19H,1-4H3;4-8,10-17H,1-3H3;3*3,6H,1-2H3;;;/q3*-1;;;;;;. The van der Waals surface area contributed by atoms with Crippen molar-refractivity contribution in [3.05, 3.63) is 306 Å². The van der Waals surface area contributed by atoms with Crippen LogP contribution in [0.2, 0.25) is 0 Å². The molecule has 0 amide bonds. The summed E-state index contributed by atoms with van der Waals surface area (Å²) in [6, 6.07) is 88.9. The number of carbonyl (C=O) groups is 3. The van der Waals surface area contributed by atoms with Crippen LogP contribution in [0.15, 0.2) is 273 Å². The Bertz CT molecular complexity index is 6850. The van der Waals surface area contributed by atoms with E-state index in [4.69, 9.17) is 43.5 Å². The summed E-state index contributed by atoms with van der Waals surface area (Å²) in [5.74, 6) is 1.73. The van der Waals surface area contributed by atoms with Crippen LogP contribution in [-0.4, -0.2) is 47.6 Å². The van der Waals surface area contributed by atoms with Gasteiger partial charge in [-0.15, -0.1) is 88.6 Å². The molecule has 0 aliphatic rings. The van der Waals surface area contributed by atoms with Gasteiger partial charge in [-0.25, -0.2) is 0 Å². The zero-order valence-corrected chi connectivity index (χ0v) is 81.9. The molecular formula is C106H98Ir3N3O9S3-3. The molecule has 18 aromatic rings. The topological polar surface area (TPSA) is 190 Å². The summed E-state index contributed by atoms with van der Waals surface area (Å²) in [4.78, 5) is 52.1. The van der Waals surface area contributed by atoms with Crippen LogP contribution in [0.5, 0.6) is 0 Å². The number of fused-ring (bicyclic) bond motifs is 12. The van der Waals surface area contributed by atoms with E-state index in [9.17, 15) is 14.4 Å². The van der Waals surface area contributed by atoms with Gasteiger partial charge in [0.2, 0.25) is 0 Å². The Morgan fingerprint density at radius 2 is 0.685 bits per heavy atom. The molecule has 18 rings (SSSR count). The van der Waals surface area contributed by atoms with Gasteiger partial charge in [0.1, 0.15) is 31.2 Å². The number of hydrogen-bond acceptors (Lipinski definition) is 15. The Labute approximate surface area is 777 Å². The van der Waals surface area contributed by atoms with E-state index in [1.165, 1.54) is 130 Å². The number of aliphatic hydroxyl groups is 3. The smallest absolute Gasteiger partial charge is 0.155 e. The monoisotopic (exact) mass is 2230 g/mol. The van der Waals surface area contributed by atoms with E-state index < -0.39 is 0 Å². The van der Waals surface area contributed by atoms with Crippen molar-refractivity contribution in [2.24, 2.45) is 0 Å². The van der Waals surface area contributed by atoms with Crippen LogP contribution in [0.25, 0.3) is 162 Å². The van der Waals surface area contributed by atoms with Gasteiger partial charge in [-0.2, -0.15) is 0 Å². The largest absolute Gasteiger partial charge is 0.512 e. The minimum Gasteiger partial charge on any atom is -0.512 e.